The van der Waals surface area contributed by atoms with Crippen LogP contribution in [0.25, 0.3) is 0 Å². The predicted octanol–water partition coefficient (Wildman–Crippen LogP) is 4.47. The summed E-state index contributed by atoms with van der Waals surface area (Å²) in [6.07, 6.45) is 0. The zero-order valence-corrected chi connectivity index (χ0v) is 11.2. The fraction of sp³-hybridized carbons (Fsp3) is 0.200. The predicted molar refractivity (Wildman–Crippen MR) is 73.1 cm³/mol. The van der Waals surface area contributed by atoms with Gasteiger partial charge in [-0.15, -0.1) is 0 Å². The molecule has 4 heteroatoms. The Morgan fingerprint density at radius 3 is 2.63 bits per heavy atom. The number of rotatable bonds is 4. The lowest BCUT2D eigenvalue weighted by Crippen LogP contribution is -2.18. The molecule has 0 aliphatic heterocycles. The van der Waals surface area contributed by atoms with Crippen LogP contribution in [0.4, 0.5) is 8.78 Å². The molecule has 0 saturated carbocycles. The minimum Gasteiger partial charge on any atom is -0.306 e. The van der Waals surface area contributed by atoms with Gasteiger partial charge in [0.05, 0.1) is 5.02 Å². The van der Waals surface area contributed by atoms with Crippen LogP contribution in [0.5, 0.6) is 0 Å². The Kier molecular flexibility index (Phi) is 4.51. The van der Waals surface area contributed by atoms with Gasteiger partial charge in [0.25, 0.3) is 0 Å². The Labute approximate surface area is 116 Å². The summed E-state index contributed by atoms with van der Waals surface area (Å²) in [5, 5.41) is 3.33. The minimum absolute atomic E-state index is 0.0190. The fourth-order valence-electron chi connectivity index (χ4n) is 1.81. The molecule has 0 aliphatic rings. The second kappa shape index (κ2) is 6.13. The first-order valence-corrected chi connectivity index (χ1v) is 6.37. The number of benzene rings is 2. The van der Waals surface area contributed by atoms with Gasteiger partial charge >= 0.3 is 0 Å². The Morgan fingerprint density at radius 1 is 1.16 bits per heavy atom. The molecule has 0 fully saturated rings. The third-order valence-electron chi connectivity index (χ3n) is 2.95. The van der Waals surface area contributed by atoms with Crippen LogP contribution < -0.4 is 5.32 Å². The molecule has 0 spiro atoms. The lowest BCUT2D eigenvalue weighted by Gasteiger charge is -2.14. The van der Waals surface area contributed by atoms with Gasteiger partial charge in [-0.2, -0.15) is 0 Å². The van der Waals surface area contributed by atoms with Crippen molar-refractivity contribution < 1.29 is 8.78 Å². The monoisotopic (exact) mass is 281 g/mol. The normalized spacial score (nSPS) is 12.4. The van der Waals surface area contributed by atoms with Crippen LogP contribution in [0.1, 0.15) is 24.1 Å². The summed E-state index contributed by atoms with van der Waals surface area (Å²) in [4.78, 5) is 0. The number of hydrogen-bond acceptors (Lipinski definition) is 1. The maximum atomic E-state index is 13.3. The van der Waals surface area contributed by atoms with E-state index in [0.29, 0.717) is 6.54 Å². The standard InChI is InChI=1S/C15H14ClF2N/c1-10(12-3-2-4-13(17)8-12)19-9-11-5-6-14(16)15(18)7-11/h2-8,10,19H,9H2,1H3. The molecule has 2 aromatic rings. The molecule has 0 heterocycles. The molecule has 0 amide bonds. The van der Waals surface area contributed by atoms with Crippen LogP contribution in [-0.2, 0) is 6.54 Å². The number of nitrogens with one attached hydrogen (secondary N) is 1. The molecule has 19 heavy (non-hydrogen) atoms. The van der Waals surface area contributed by atoms with Gasteiger partial charge in [0.2, 0.25) is 0 Å². The van der Waals surface area contributed by atoms with Gasteiger partial charge in [-0.25, -0.2) is 8.78 Å². The minimum atomic E-state index is -0.431. The largest absolute Gasteiger partial charge is 0.306 e. The number of halogens is 3. The molecule has 1 unspecified atom stereocenters. The second-order valence-electron chi connectivity index (χ2n) is 4.41. The van der Waals surface area contributed by atoms with Gasteiger partial charge in [0.1, 0.15) is 11.6 Å². The summed E-state index contributed by atoms with van der Waals surface area (Å²) >= 11 is 5.62. The van der Waals surface area contributed by atoms with Crippen molar-refractivity contribution in [3.8, 4) is 0 Å². The summed E-state index contributed by atoms with van der Waals surface area (Å²) < 4.78 is 26.4. The van der Waals surface area contributed by atoms with Crippen molar-refractivity contribution in [3.63, 3.8) is 0 Å². The Balaban J connectivity index is 2.00. The summed E-state index contributed by atoms with van der Waals surface area (Å²) in [6.45, 7) is 2.42. The van der Waals surface area contributed by atoms with Crippen molar-refractivity contribution in [3.05, 3.63) is 70.2 Å². The molecule has 2 rings (SSSR count). The van der Waals surface area contributed by atoms with E-state index in [-0.39, 0.29) is 16.9 Å². The second-order valence-corrected chi connectivity index (χ2v) is 4.81. The summed E-state index contributed by atoms with van der Waals surface area (Å²) in [5.41, 5.74) is 1.65. The van der Waals surface area contributed by atoms with E-state index in [2.05, 4.69) is 5.32 Å². The van der Waals surface area contributed by atoms with Crippen LogP contribution in [0, 0.1) is 11.6 Å². The molecule has 1 N–H and O–H groups in total. The molecular weight excluding hydrogens is 268 g/mol. The molecule has 0 saturated heterocycles. The van der Waals surface area contributed by atoms with Crippen LogP contribution in [0.3, 0.4) is 0 Å². The molecule has 0 radical (unpaired) electrons. The van der Waals surface area contributed by atoms with Crippen LogP contribution in [0.15, 0.2) is 42.5 Å². The van der Waals surface area contributed by atoms with E-state index in [0.717, 1.165) is 11.1 Å². The zero-order chi connectivity index (χ0) is 13.8. The Bertz CT molecular complexity index is 572. The van der Waals surface area contributed by atoms with E-state index in [1.54, 1.807) is 12.1 Å². The van der Waals surface area contributed by atoms with Gasteiger partial charge in [-0.3, -0.25) is 0 Å². The fourth-order valence-corrected chi connectivity index (χ4v) is 1.93. The first-order chi connectivity index (χ1) is 9.06. The van der Waals surface area contributed by atoms with Crippen molar-refractivity contribution in [2.75, 3.05) is 0 Å². The molecular formula is C15H14ClF2N. The Hall–Kier alpha value is -1.45. The van der Waals surface area contributed by atoms with Gasteiger partial charge in [0, 0.05) is 12.6 Å². The van der Waals surface area contributed by atoms with E-state index < -0.39 is 5.82 Å². The van der Waals surface area contributed by atoms with E-state index in [9.17, 15) is 8.78 Å². The van der Waals surface area contributed by atoms with E-state index in [1.807, 2.05) is 13.0 Å². The van der Waals surface area contributed by atoms with Crippen molar-refractivity contribution >= 4 is 11.6 Å². The molecule has 100 valence electrons. The van der Waals surface area contributed by atoms with Gasteiger partial charge < -0.3 is 5.32 Å². The smallest absolute Gasteiger partial charge is 0.142 e. The Morgan fingerprint density at radius 2 is 1.95 bits per heavy atom. The third-order valence-corrected chi connectivity index (χ3v) is 3.25. The summed E-state index contributed by atoms with van der Waals surface area (Å²) in [5.74, 6) is -0.692. The highest BCUT2D eigenvalue weighted by molar-refractivity contribution is 6.30. The molecule has 0 aromatic heterocycles. The first-order valence-electron chi connectivity index (χ1n) is 5.99. The van der Waals surface area contributed by atoms with Gasteiger partial charge in [0.15, 0.2) is 0 Å². The average molecular weight is 282 g/mol. The highest BCUT2D eigenvalue weighted by atomic mass is 35.5. The van der Waals surface area contributed by atoms with E-state index >= 15 is 0 Å². The average Bonchev–Trinajstić information content (AvgIpc) is 2.40. The molecule has 2 aromatic carbocycles. The molecule has 1 atom stereocenters. The maximum Gasteiger partial charge on any atom is 0.142 e. The van der Waals surface area contributed by atoms with Crippen LogP contribution in [0.2, 0.25) is 5.02 Å². The van der Waals surface area contributed by atoms with Crippen LogP contribution in [-0.4, -0.2) is 0 Å². The van der Waals surface area contributed by atoms with Gasteiger partial charge in [-0.05, 0) is 42.3 Å². The lowest BCUT2D eigenvalue weighted by molar-refractivity contribution is 0.561. The van der Waals surface area contributed by atoms with Gasteiger partial charge in [-0.1, -0.05) is 29.8 Å². The lowest BCUT2D eigenvalue weighted by atomic mass is 10.1. The van der Waals surface area contributed by atoms with Crippen molar-refractivity contribution in [2.24, 2.45) is 0 Å². The quantitative estimate of drug-likeness (QED) is 0.872. The number of hydrogen-bond donors (Lipinski definition) is 1. The SMILES string of the molecule is CC(NCc1ccc(Cl)c(F)c1)c1cccc(F)c1. The molecule has 0 bridgehead atoms. The van der Waals surface area contributed by atoms with E-state index in [4.69, 9.17) is 11.6 Å². The van der Waals surface area contributed by atoms with E-state index in [1.165, 1.54) is 24.3 Å². The first kappa shape index (κ1) is 14.0. The zero-order valence-electron chi connectivity index (χ0n) is 10.5. The topological polar surface area (TPSA) is 12.0 Å². The molecule has 0 aliphatic carbocycles. The summed E-state index contributed by atoms with van der Waals surface area (Å²) in [6, 6.07) is 11.1. The summed E-state index contributed by atoms with van der Waals surface area (Å²) in [7, 11) is 0. The van der Waals surface area contributed by atoms with Crippen molar-refractivity contribution in [1.29, 1.82) is 0 Å². The van der Waals surface area contributed by atoms with Crippen molar-refractivity contribution in [1.82, 2.24) is 5.32 Å². The van der Waals surface area contributed by atoms with Crippen molar-refractivity contribution in [2.45, 2.75) is 19.5 Å². The highest BCUT2D eigenvalue weighted by Gasteiger charge is 2.07. The molecule has 1 nitrogen and oxygen atoms in total. The maximum absolute atomic E-state index is 13.3. The third kappa shape index (κ3) is 3.75. The highest BCUT2D eigenvalue weighted by Crippen LogP contribution is 2.17. The van der Waals surface area contributed by atoms with Crippen LogP contribution >= 0.6 is 11.6 Å².